The van der Waals surface area contributed by atoms with E-state index in [-0.39, 0.29) is 0 Å². The number of nitrogens with zero attached hydrogens (tertiary/aromatic N) is 1. The number of pyridine rings is 1. The van der Waals surface area contributed by atoms with Crippen molar-refractivity contribution in [2.75, 3.05) is 6.54 Å². The van der Waals surface area contributed by atoms with Gasteiger partial charge in [0.2, 0.25) is 0 Å². The van der Waals surface area contributed by atoms with E-state index < -0.39 is 0 Å². The largest absolute Gasteiger partial charge is 0.311 e. The zero-order chi connectivity index (χ0) is 21.6. The summed E-state index contributed by atoms with van der Waals surface area (Å²) in [4.78, 5) is 4.48. The Balaban J connectivity index is 1.38. The Kier molecular flexibility index (Phi) is 6.87. The number of nitrogens with one attached hydrogen (secondary N) is 1. The second-order valence-corrected chi connectivity index (χ2v) is 8.69. The first-order valence-corrected chi connectivity index (χ1v) is 11.2. The van der Waals surface area contributed by atoms with Crippen LogP contribution in [0.3, 0.4) is 0 Å². The summed E-state index contributed by atoms with van der Waals surface area (Å²) >= 11 is 5.96. The molecule has 0 aliphatic heterocycles. The van der Waals surface area contributed by atoms with Crippen molar-refractivity contribution >= 4 is 17.2 Å². The molecule has 4 rings (SSSR count). The van der Waals surface area contributed by atoms with Crippen molar-refractivity contribution in [3.8, 4) is 23.0 Å². The smallest absolute Gasteiger partial charge is 0.113 e. The highest BCUT2D eigenvalue weighted by molar-refractivity contribution is 6.30. The highest BCUT2D eigenvalue weighted by Crippen LogP contribution is 2.27. The lowest BCUT2D eigenvalue weighted by Crippen LogP contribution is -2.26. The number of halogens is 1. The maximum Gasteiger partial charge on any atom is 0.113 e. The molecule has 0 spiro atoms. The van der Waals surface area contributed by atoms with E-state index in [0.29, 0.717) is 6.04 Å². The van der Waals surface area contributed by atoms with Gasteiger partial charge in [0.15, 0.2) is 0 Å². The molecule has 0 radical (unpaired) electrons. The molecule has 3 heteroatoms. The van der Waals surface area contributed by atoms with E-state index in [2.05, 4.69) is 66.3 Å². The number of rotatable bonds is 6. The van der Waals surface area contributed by atoms with Gasteiger partial charge in [-0.25, -0.2) is 4.98 Å². The Morgan fingerprint density at radius 3 is 2.39 bits per heavy atom. The molecule has 1 saturated carbocycles. The van der Waals surface area contributed by atoms with Crippen LogP contribution in [0.5, 0.6) is 0 Å². The predicted octanol–water partition coefficient (Wildman–Crippen LogP) is 6.59. The second kappa shape index (κ2) is 9.96. The van der Waals surface area contributed by atoms with E-state index in [1.807, 2.05) is 42.6 Å². The number of allylic oxidation sites excluding steroid dienone is 1. The third-order valence-electron chi connectivity index (χ3n) is 5.54. The monoisotopic (exact) mass is 426 g/mol. The summed E-state index contributed by atoms with van der Waals surface area (Å²) in [5, 5.41) is 4.33. The van der Waals surface area contributed by atoms with Gasteiger partial charge in [0.05, 0.1) is 0 Å². The fourth-order valence-corrected chi connectivity index (χ4v) is 3.56. The van der Waals surface area contributed by atoms with Crippen LogP contribution in [0.4, 0.5) is 0 Å². The Morgan fingerprint density at radius 2 is 1.74 bits per heavy atom. The fraction of sp³-hybridized carbons (Fsp3) is 0.250. The van der Waals surface area contributed by atoms with Gasteiger partial charge in [0, 0.05) is 28.4 Å². The van der Waals surface area contributed by atoms with Crippen LogP contribution in [0.1, 0.15) is 43.5 Å². The van der Waals surface area contributed by atoms with Crippen molar-refractivity contribution in [2.45, 2.75) is 32.7 Å². The van der Waals surface area contributed by atoms with Gasteiger partial charge >= 0.3 is 0 Å². The van der Waals surface area contributed by atoms with Crippen molar-refractivity contribution in [1.82, 2.24) is 10.3 Å². The standard InChI is InChI=1S/C28H27ClN2/c1-20(17-21(2)30-18-23-3-4-23)24-8-5-22(6-9-24)7-15-28-16-12-26(19-31-28)25-10-13-27(29)14-11-25/h5-6,8-14,16-17,19,21,23,30H,3-4,18H2,1-2H3/b20-17+. The Bertz CT molecular complexity index is 1100. The molecule has 1 N–H and O–H groups in total. The maximum absolute atomic E-state index is 5.96. The zero-order valence-electron chi connectivity index (χ0n) is 18.0. The Labute approximate surface area is 190 Å². The summed E-state index contributed by atoms with van der Waals surface area (Å²) in [5.74, 6) is 7.27. The van der Waals surface area contributed by atoms with E-state index in [1.165, 1.54) is 24.0 Å². The van der Waals surface area contributed by atoms with Gasteiger partial charge in [-0.05, 0) is 92.1 Å². The van der Waals surface area contributed by atoms with E-state index in [1.54, 1.807) is 0 Å². The third-order valence-corrected chi connectivity index (χ3v) is 5.79. The number of benzene rings is 2. The van der Waals surface area contributed by atoms with Crippen LogP contribution in [-0.2, 0) is 0 Å². The molecular formula is C28H27ClN2. The van der Waals surface area contributed by atoms with Crippen LogP contribution in [0.25, 0.3) is 16.7 Å². The summed E-state index contributed by atoms with van der Waals surface area (Å²) < 4.78 is 0. The van der Waals surface area contributed by atoms with E-state index in [4.69, 9.17) is 11.6 Å². The molecule has 1 unspecified atom stereocenters. The van der Waals surface area contributed by atoms with Crippen LogP contribution in [0, 0.1) is 17.8 Å². The zero-order valence-corrected chi connectivity index (χ0v) is 18.8. The molecule has 156 valence electrons. The van der Waals surface area contributed by atoms with Crippen LogP contribution < -0.4 is 5.32 Å². The summed E-state index contributed by atoms with van der Waals surface area (Å²) in [5.41, 5.74) is 6.40. The summed E-state index contributed by atoms with van der Waals surface area (Å²) in [7, 11) is 0. The van der Waals surface area contributed by atoms with Crippen LogP contribution >= 0.6 is 11.6 Å². The molecular weight excluding hydrogens is 400 g/mol. The Hall–Kier alpha value is -2.86. The Morgan fingerprint density at radius 1 is 1.03 bits per heavy atom. The van der Waals surface area contributed by atoms with Crippen LogP contribution in [0.2, 0.25) is 5.02 Å². The molecule has 0 bridgehead atoms. The predicted molar refractivity (Wildman–Crippen MR) is 131 cm³/mol. The van der Waals surface area contributed by atoms with E-state index in [0.717, 1.165) is 39.9 Å². The van der Waals surface area contributed by atoms with Crippen molar-refractivity contribution in [2.24, 2.45) is 5.92 Å². The first kappa shape index (κ1) is 21.4. The van der Waals surface area contributed by atoms with Gasteiger partial charge in [-0.2, -0.15) is 0 Å². The molecule has 0 amide bonds. The normalized spacial score (nSPS) is 14.6. The molecule has 3 aromatic rings. The fourth-order valence-electron chi connectivity index (χ4n) is 3.44. The quantitative estimate of drug-likeness (QED) is 0.449. The van der Waals surface area contributed by atoms with Crippen molar-refractivity contribution < 1.29 is 0 Å². The maximum atomic E-state index is 5.96. The van der Waals surface area contributed by atoms with Gasteiger partial charge in [-0.1, -0.05) is 53.9 Å². The third kappa shape index (κ3) is 6.31. The van der Waals surface area contributed by atoms with Gasteiger partial charge in [0.1, 0.15) is 5.69 Å². The molecule has 2 nitrogen and oxygen atoms in total. The topological polar surface area (TPSA) is 24.9 Å². The van der Waals surface area contributed by atoms with Gasteiger partial charge < -0.3 is 5.32 Å². The van der Waals surface area contributed by atoms with E-state index >= 15 is 0 Å². The lowest BCUT2D eigenvalue weighted by molar-refractivity contribution is 0.596. The SMILES string of the molecule is C/C(=C\C(C)NCC1CC1)c1ccc(C#Cc2ccc(-c3ccc(Cl)cc3)cn2)cc1. The highest BCUT2D eigenvalue weighted by atomic mass is 35.5. The molecule has 0 saturated heterocycles. The van der Waals surface area contributed by atoms with Crippen molar-refractivity contribution in [1.29, 1.82) is 0 Å². The molecule has 1 aliphatic rings. The molecule has 1 aliphatic carbocycles. The van der Waals surface area contributed by atoms with Gasteiger partial charge in [-0.15, -0.1) is 0 Å². The van der Waals surface area contributed by atoms with Gasteiger partial charge in [0.25, 0.3) is 0 Å². The first-order valence-electron chi connectivity index (χ1n) is 10.8. The molecule has 1 fully saturated rings. The molecule has 31 heavy (non-hydrogen) atoms. The lowest BCUT2D eigenvalue weighted by atomic mass is 10.0. The van der Waals surface area contributed by atoms with Crippen LogP contribution in [-0.4, -0.2) is 17.6 Å². The van der Waals surface area contributed by atoms with Gasteiger partial charge in [-0.3, -0.25) is 0 Å². The summed E-state index contributed by atoms with van der Waals surface area (Å²) in [6.07, 6.45) is 6.91. The second-order valence-electron chi connectivity index (χ2n) is 8.26. The average molecular weight is 427 g/mol. The molecule has 1 aromatic heterocycles. The lowest BCUT2D eigenvalue weighted by Gasteiger charge is -2.11. The minimum Gasteiger partial charge on any atom is -0.311 e. The summed E-state index contributed by atoms with van der Waals surface area (Å²) in [6.45, 7) is 5.52. The molecule has 1 atom stereocenters. The summed E-state index contributed by atoms with van der Waals surface area (Å²) in [6, 6.07) is 20.6. The number of aromatic nitrogens is 1. The minimum absolute atomic E-state index is 0.391. The van der Waals surface area contributed by atoms with Crippen molar-refractivity contribution in [3.05, 3.63) is 94.8 Å². The highest BCUT2D eigenvalue weighted by Gasteiger charge is 2.20. The minimum atomic E-state index is 0.391. The molecule has 1 heterocycles. The molecule has 2 aromatic carbocycles. The first-order chi connectivity index (χ1) is 15.1. The number of hydrogen-bond donors (Lipinski definition) is 1. The number of hydrogen-bond acceptors (Lipinski definition) is 2. The van der Waals surface area contributed by atoms with Crippen molar-refractivity contribution in [3.63, 3.8) is 0 Å². The average Bonchev–Trinajstić information content (AvgIpc) is 3.62. The van der Waals surface area contributed by atoms with E-state index in [9.17, 15) is 0 Å². The van der Waals surface area contributed by atoms with Crippen LogP contribution in [0.15, 0.2) is 72.9 Å².